The maximum atomic E-state index is 13.8. The lowest BCUT2D eigenvalue weighted by Crippen LogP contribution is -2.38. The van der Waals surface area contributed by atoms with E-state index in [1.807, 2.05) is 13.8 Å². The van der Waals surface area contributed by atoms with Gasteiger partial charge in [-0.05, 0) is 35.8 Å². The Labute approximate surface area is 135 Å². The molecular weight excluding hydrogens is 361 g/mol. The summed E-state index contributed by atoms with van der Waals surface area (Å²) >= 11 is 9.08. The van der Waals surface area contributed by atoms with Crippen LogP contribution in [0, 0.1) is 11.2 Å². The monoisotopic (exact) mass is 375 g/mol. The number of carbonyl (C=O) groups is 1. The van der Waals surface area contributed by atoms with Crippen LogP contribution in [0.5, 0.6) is 0 Å². The Hall–Kier alpha value is -1.14. The molecule has 0 aliphatic rings. The summed E-state index contributed by atoms with van der Waals surface area (Å²) in [5.41, 5.74) is 0.613. The summed E-state index contributed by atoms with van der Waals surface area (Å²) in [6, 6.07) is 3.02. The quantitative estimate of drug-likeness (QED) is 0.831. The average molecular weight is 377 g/mol. The van der Waals surface area contributed by atoms with E-state index < -0.39 is 5.41 Å². The third-order valence-electron chi connectivity index (χ3n) is 3.38. The Morgan fingerprint density at radius 1 is 1.52 bits per heavy atom. The fourth-order valence-corrected chi connectivity index (χ4v) is 2.79. The highest BCUT2D eigenvalue weighted by molar-refractivity contribution is 9.10. The Bertz CT molecular complexity index is 699. The highest BCUT2D eigenvalue weighted by Gasteiger charge is 2.29. The zero-order valence-electron chi connectivity index (χ0n) is 12.0. The van der Waals surface area contributed by atoms with E-state index in [1.54, 1.807) is 17.7 Å². The average Bonchev–Trinajstić information content (AvgIpc) is 2.75. The van der Waals surface area contributed by atoms with Crippen LogP contribution in [0.2, 0.25) is 0 Å². The van der Waals surface area contributed by atoms with Crippen LogP contribution in [0.3, 0.4) is 0 Å². The Morgan fingerprint density at radius 3 is 2.76 bits per heavy atom. The second-order valence-corrected chi connectivity index (χ2v) is 6.59. The first kappa shape index (κ1) is 16.2. The second kappa shape index (κ2) is 5.93. The van der Waals surface area contributed by atoms with Crippen LogP contribution in [-0.2, 0) is 17.2 Å². The summed E-state index contributed by atoms with van der Waals surface area (Å²) in [6.07, 6.45) is 0. The van der Waals surface area contributed by atoms with Crippen LogP contribution in [0.15, 0.2) is 16.6 Å². The minimum absolute atomic E-state index is 0.0949. The molecule has 0 unspecified atom stereocenters. The van der Waals surface area contributed by atoms with Gasteiger partial charge in [0.15, 0.2) is 0 Å². The van der Waals surface area contributed by atoms with Crippen LogP contribution in [0.4, 0.5) is 4.39 Å². The van der Waals surface area contributed by atoms with Crippen LogP contribution in [-0.4, -0.2) is 22.5 Å². The number of alkyl halides is 1. The number of amides is 1. The molecule has 2 rings (SSSR count). The molecule has 114 valence electrons. The molecule has 21 heavy (non-hydrogen) atoms. The number of aromatic nitrogens is 2. The number of hydrogen-bond donors (Lipinski definition) is 1. The highest BCUT2D eigenvalue weighted by Crippen LogP contribution is 2.28. The normalized spacial score (nSPS) is 11.9. The molecular formula is C14H16BrClFN3O. The van der Waals surface area contributed by atoms with Gasteiger partial charge in [-0.3, -0.25) is 4.79 Å². The fourth-order valence-electron chi connectivity index (χ4n) is 2.25. The van der Waals surface area contributed by atoms with Gasteiger partial charge < -0.3 is 9.88 Å². The first-order valence-electron chi connectivity index (χ1n) is 6.42. The van der Waals surface area contributed by atoms with Crippen molar-refractivity contribution in [2.75, 3.05) is 7.05 Å². The number of nitrogens with zero attached hydrogens (tertiary/aromatic N) is 2. The first-order valence-corrected chi connectivity index (χ1v) is 7.75. The number of halogens is 3. The molecule has 1 heterocycles. The third-order valence-corrected chi connectivity index (χ3v) is 4.23. The molecule has 7 heteroatoms. The smallest absolute Gasteiger partial charge is 0.227 e. The molecule has 0 saturated carbocycles. The van der Waals surface area contributed by atoms with E-state index in [0.29, 0.717) is 27.9 Å². The minimum atomic E-state index is -0.660. The number of benzene rings is 1. The van der Waals surface area contributed by atoms with E-state index in [2.05, 4.69) is 26.2 Å². The van der Waals surface area contributed by atoms with Crippen molar-refractivity contribution in [1.82, 2.24) is 14.9 Å². The van der Waals surface area contributed by atoms with Gasteiger partial charge in [-0.2, -0.15) is 0 Å². The number of hydrogen-bond acceptors (Lipinski definition) is 2. The molecule has 0 bridgehead atoms. The predicted octanol–water partition coefficient (Wildman–Crippen LogP) is 3.45. The van der Waals surface area contributed by atoms with E-state index in [-0.39, 0.29) is 17.6 Å². The molecule has 0 atom stereocenters. The topological polar surface area (TPSA) is 46.9 Å². The summed E-state index contributed by atoms with van der Waals surface area (Å²) in [6.45, 7) is 4.02. The van der Waals surface area contributed by atoms with Gasteiger partial charge in [-0.25, -0.2) is 9.37 Å². The van der Waals surface area contributed by atoms with Crippen molar-refractivity contribution in [2.45, 2.75) is 26.3 Å². The van der Waals surface area contributed by atoms with Gasteiger partial charge in [0.05, 0.1) is 26.8 Å². The minimum Gasteiger partial charge on any atom is -0.359 e. The molecule has 0 fully saturated rings. The van der Waals surface area contributed by atoms with Crippen LogP contribution < -0.4 is 5.32 Å². The van der Waals surface area contributed by atoms with Crippen molar-refractivity contribution < 1.29 is 9.18 Å². The number of carbonyl (C=O) groups excluding carboxylic acids is 1. The maximum absolute atomic E-state index is 13.8. The molecule has 2 aromatic rings. The summed E-state index contributed by atoms with van der Waals surface area (Å²) < 4.78 is 16.0. The molecule has 1 N–H and O–H groups in total. The van der Waals surface area contributed by atoms with Crippen molar-refractivity contribution >= 4 is 44.5 Å². The number of fused-ring (bicyclic) bond motifs is 1. The van der Waals surface area contributed by atoms with Crippen molar-refractivity contribution in [3.8, 4) is 0 Å². The van der Waals surface area contributed by atoms with Crippen molar-refractivity contribution in [2.24, 2.45) is 5.41 Å². The fraction of sp³-hybridized carbons (Fsp3) is 0.429. The van der Waals surface area contributed by atoms with Crippen LogP contribution in [0.25, 0.3) is 11.0 Å². The largest absolute Gasteiger partial charge is 0.359 e. The summed E-state index contributed by atoms with van der Waals surface area (Å²) in [4.78, 5) is 16.4. The molecule has 0 aliphatic carbocycles. The lowest BCUT2D eigenvalue weighted by Gasteiger charge is -2.24. The number of nitrogens with one attached hydrogen (secondary N) is 1. The van der Waals surface area contributed by atoms with Crippen LogP contribution in [0.1, 0.15) is 19.7 Å². The number of imidazole rings is 1. The van der Waals surface area contributed by atoms with Gasteiger partial charge in [0.1, 0.15) is 11.6 Å². The van der Waals surface area contributed by atoms with Gasteiger partial charge >= 0.3 is 0 Å². The zero-order chi connectivity index (χ0) is 15.8. The Balaban J connectivity index is 2.56. The Morgan fingerprint density at radius 2 is 2.19 bits per heavy atom. The second-order valence-electron chi connectivity index (χ2n) is 5.47. The molecule has 0 spiro atoms. The van der Waals surface area contributed by atoms with Gasteiger partial charge in [0.2, 0.25) is 5.91 Å². The van der Waals surface area contributed by atoms with Crippen molar-refractivity contribution in [3.63, 3.8) is 0 Å². The van der Waals surface area contributed by atoms with E-state index in [0.717, 1.165) is 0 Å². The standard InChI is InChI=1S/C14H16BrClFN3O/c1-14(2,13(21)18-3)7-20-11-5-9(17)8(15)4-10(11)19-12(20)6-16/h4-5H,6-7H2,1-3H3,(H,18,21). The molecule has 1 aromatic carbocycles. The Kier molecular flexibility index (Phi) is 4.58. The lowest BCUT2D eigenvalue weighted by molar-refractivity contribution is -0.129. The van der Waals surface area contributed by atoms with E-state index in [4.69, 9.17) is 11.6 Å². The maximum Gasteiger partial charge on any atom is 0.227 e. The summed E-state index contributed by atoms with van der Waals surface area (Å²) in [5, 5.41) is 2.64. The number of rotatable bonds is 4. The predicted molar refractivity (Wildman–Crippen MR) is 84.8 cm³/mol. The van der Waals surface area contributed by atoms with Crippen LogP contribution >= 0.6 is 27.5 Å². The molecule has 0 saturated heterocycles. The van der Waals surface area contributed by atoms with Gasteiger partial charge in [0, 0.05) is 19.7 Å². The molecule has 0 aliphatic heterocycles. The van der Waals surface area contributed by atoms with E-state index >= 15 is 0 Å². The molecule has 0 radical (unpaired) electrons. The SMILES string of the molecule is CNC(=O)C(C)(C)Cn1c(CCl)nc2cc(Br)c(F)cc21. The van der Waals surface area contributed by atoms with Gasteiger partial charge in [-0.15, -0.1) is 11.6 Å². The lowest BCUT2D eigenvalue weighted by atomic mass is 9.92. The first-order chi connectivity index (χ1) is 9.80. The highest BCUT2D eigenvalue weighted by atomic mass is 79.9. The van der Waals surface area contributed by atoms with Gasteiger partial charge in [0.25, 0.3) is 0 Å². The van der Waals surface area contributed by atoms with E-state index in [1.165, 1.54) is 6.07 Å². The van der Waals surface area contributed by atoms with E-state index in [9.17, 15) is 9.18 Å². The summed E-state index contributed by atoms with van der Waals surface area (Å²) in [5.74, 6) is 0.337. The summed E-state index contributed by atoms with van der Waals surface area (Å²) in [7, 11) is 1.59. The van der Waals surface area contributed by atoms with Gasteiger partial charge in [-0.1, -0.05) is 0 Å². The third kappa shape index (κ3) is 3.06. The molecule has 1 aromatic heterocycles. The zero-order valence-corrected chi connectivity index (χ0v) is 14.3. The molecule has 1 amide bonds. The van der Waals surface area contributed by atoms with Crippen molar-refractivity contribution in [1.29, 1.82) is 0 Å². The molecule has 4 nitrogen and oxygen atoms in total. The van der Waals surface area contributed by atoms with Crippen molar-refractivity contribution in [3.05, 3.63) is 28.2 Å².